The van der Waals surface area contributed by atoms with E-state index >= 15 is 0 Å². The Bertz CT molecular complexity index is 258. The van der Waals surface area contributed by atoms with Crippen molar-refractivity contribution in [2.75, 3.05) is 0 Å². The van der Waals surface area contributed by atoms with Gasteiger partial charge in [0.1, 0.15) is 0 Å². The lowest BCUT2D eigenvalue weighted by molar-refractivity contribution is -0.168. The van der Waals surface area contributed by atoms with E-state index < -0.39 is 6.29 Å². The van der Waals surface area contributed by atoms with Crippen molar-refractivity contribution in [3.8, 4) is 0 Å². The van der Waals surface area contributed by atoms with E-state index in [9.17, 15) is 5.11 Å². The molecule has 2 heteroatoms. The van der Waals surface area contributed by atoms with Crippen LogP contribution in [0.2, 0.25) is 0 Å². The number of ether oxygens (including phenoxy) is 1. The van der Waals surface area contributed by atoms with E-state index in [0.717, 1.165) is 12.8 Å². The Morgan fingerprint density at radius 3 is 2.20 bits per heavy atom. The Morgan fingerprint density at radius 1 is 1.13 bits per heavy atom. The molecule has 0 aromatic carbocycles. The SMILES string of the molecule is CC12CC1(C)C2C(O)OC1CCCCC1. The monoisotopic (exact) mass is 210 g/mol. The zero-order valence-corrected chi connectivity index (χ0v) is 9.83. The molecule has 0 heterocycles. The van der Waals surface area contributed by atoms with Crippen molar-refractivity contribution in [2.24, 2.45) is 16.7 Å². The van der Waals surface area contributed by atoms with Gasteiger partial charge in [-0.15, -0.1) is 0 Å². The smallest absolute Gasteiger partial charge is 0.158 e. The molecule has 0 radical (unpaired) electrons. The van der Waals surface area contributed by atoms with Gasteiger partial charge in [0.05, 0.1) is 6.10 Å². The first kappa shape index (κ1) is 10.1. The second-order valence-corrected chi connectivity index (χ2v) is 6.28. The molecule has 0 bridgehead atoms. The third-order valence-corrected chi connectivity index (χ3v) is 5.37. The molecule has 3 aliphatic rings. The first-order valence-corrected chi connectivity index (χ1v) is 6.41. The molecule has 0 spiro atoms. The Hall–Kier alpha value is -0.0800. The summed E-state index contributed by atoms with van der Waals surface area (Å²) in [6.45, 7) is 4.57. The quantitative estimate of drug-likeness (QED) is 0.726. The van der Waals surface area contributed by atoms with Crippen molar-refractivity contribution < 1.29 is 9.84 Å². The fourth-order valence-electron chi connectivity index (χ4n) is 3.91. The summed E-state index contributed by atoms with van der Waals surface area (Å²) in [5, 5.41) is 10.1. The van der Waals surface area contributed by atoms with Crippen molar-refractivity contribution in [2.45, 2.75) is 64.8 Å². The summed E-state index contributed by atoms with van der Waals surface area (Å²) in [5.41, 5.74) is 0.835. The van der Waals surface area contributed by atoms with Crippen LogP contribution in [-0.2, 0) is 4.74 Å². The molecule has 2 nitrogen and oxygen atoms in total. The summed E-state index contributed by atoms with van der Waals surface area (Å²) in [6, 6.07) is 0. The van der Waals surface area contributed by atoms with Crippen molar-refractivity contribution >= 4 is 0 Å². The van der Waals surface area contributed by atoms with Crippen molar-refractivity contribution in [1.29, 1.82) is 0 Å². The average Bonchev–Trinajstić information content (AvgIpc) is 2.87. The fraction of sp³-hybridized carbons (Fsp3) is 1.00. The lowest BCUT2D eigenvalue weighted by atomic mass is 9.97. The topological polar surface area (TPSA) is 29.5 Å². The lowest BCUT2D eigenvalue weighted by Crippen LogP contribution is -2.29. The Morgan fingerprint density at radius 2 is 1.73 bits per heavy atom. The molecule has 3 fully saturated rings. The normalized spacial score (nSPS) is 51.0. The van der Waals surface area contributed by atoms with E-state index in [1.54, 1.807) is 0 Å². The Balaban J connectivity index is 1.52. The molecule has 86 valence electrons. The van der Waals surface area contributed by atoms with Gasteiger partial charge < -0.3 is 9.84 Å². The van der Waals surface area contributed by atoms with Crippen molar-refractivity contribution in [1.82, 2.24) is 0 Å². The molecule has 3 saturated carbocycles. The molecule has 1 N–H and O–H groups in total. The Labute approximate surface area is 92.0 Å². The third-order valence-electron chi connectivity index (χ3n) is 5.37. The molecule has 3 atom stereocenters. The highest BCUT2D eigenvalue weighted by Crippen LogP contribution is 2.90. The molecular formula is C13H22O2. The molecule has 3 unspecified atom stereocenters. The van der Waals surface area contributed by atoms with Crippen LogP contribution in [0.25, 0.3) is 0 Å². The number of aliphatic hydroxyl groups excluding tert-OH is 1. The first-order valence-electron chi connectivity index (χ1n) is 6.41. The molecule has 0 saturated heterocycles. The van der Waals surface area contributed by atoms with E-state index in [2.05, 4.69) is 13.8 Å². The molecule has 0 aliphatic heterocycles. The molecule has 0 aromatic heterocycles. The van der Waals surface area contributed by atoms with Crippen LogP contribution < -0.4 is 0 Å². The minimum absolute atomic E-state index is 0.334. The molecular weight excluding hydrogens is 188 g/mol. The third kappa shape index (κ3) is 1.31. The number of fused-ring (bicyclic) bond motifs is 1. The highest BCUT2D eigenvalue weighted by atomic mass is 16.6. The fourth-order valence-corrected chi connectivity index (χ4v) is 3.91. The minimum atomic E-state index is -0.489. The second kappa shape index (κ2) is 2.98. The number of aliphatic hydroxyl groups is 1. The van der Waals surface area contributed by atoms with Crippen LogP contribution in [0, 0.1) is 16.7 Å². The molecule has 3 rings (SSSR count). The van der Waals surface area contributed by atoms with Crippen LogP contribution in [0.15, 0.2) is 0 Å². The van der Waals surface area contributed by atoms with Gasteiger partial charge in [-0.05, 0) is 30.1 Å². The Kier molecular flexibility index (Phi) is 2.01. The summed E-state index contributed by atoms with van der Waals surface area (Å²) in [4.78, 5) is 0. The van der Waals surface area contributed by atoms with Crippen LogP contribution in [-0.4, -0.2) is 17.5 Å². The van der Waals surface area contributed by atoms with Gasteiger partial charge in [-0.2, -0.15) is 0 Å². The summed E-state index contributed by atoms with van der Waals surface area (Å²) in [7, 11) is 0. The summed E-state index contributed by atoms with van der Waals surface area (Å²) in [6.07, 6.45) is 7.32. The molecule has 0 amide bonds. The van der Waals surface area contributed by atoms with Crippen LogP contribution >= 0.6 is 0 Å². The maximum absolute atomic E-state index is 10.1. The molecule has 15 heavy (non-hydrogen) atoms. The van der Waals surface area contributed by atoms with Crippen LogP contribution in [0.4, 0.5) is 0 Å². The largest absolute Gasteiger partial charge is 0.368 e. The maximum Gasteiger partial charge on any atom is 0.158 e. The minimum Gasteiger partial charge on any atom is -0.368 e. The highest BCUT2D eigenvalue weighted by molar-refractivity contribution is 5.33. The van der Waals surface area contributed by atoms with Gasteiger partial charge in [0.15, 0.2) is 6.29 Å². The predicted octanol–water partition coefficient (Wildman–Crippen LogP) is 2.70. The van der Waals surface area contributed by atoms with Gasteiger partial charge in [-0.3, -0.25) is 0 Å². The van der Waals surface area contributed by atoms with Crippen LogP contribution in [0.3, 0.4) is 0 Å². The van der Waals surface area contributed by atoms with E-state index in [1.165, 1.54) is 25.7 Å². The second-order valence-electron chi connectivity index (χ2n) is 6.28. The van der Waals surface area contributed by atoms with Crippen LogP contribution in [0.1, 0.15) is 52.4 Å². The predicted molar refractivity (Wildman–Crippen MR) is 58.3 cm³/mol. The number of hydrogen-bond donors (Lipinski definition) is 1. The highest BCUT2D eigenvalue weighted by Gasteiger charge is 2.87. The number of rotatable bonds is 3. The van der Waals surface area contributed by atoms with Gasteiger partial charge in [-0.1, -0.05) is 33.1 Å². The molecule has 3 aliphatic carbocycles. The summed E-state index contributed by atoms with van der Waals surface area (Å²) in [5.74, 6) is 0.423. The summed E-state index contributed by atoms with van der Waals surface area (Å²) < 4.78 is 5.80. The summed E-state index contributed by atoms with van der Waals surface area (Å²) >= 11 is 0. The zero-order valence-electron chi connectivity index (χ0n) is 9.83. The standard InChI is InChI=1S/C13H22O2/c1-12-8-13(12,2)10(12)11(14)15-9-6-4-3-5-7-9/h9-11,14H,3-8H2,1-2H3. The van der Waals surface area contributed by atoms with E-state index in [0.29, 0.717) is 22.9 Å². The van der Waals surface area contributed by atoms with Gasteiger partial charge in [0.2, 0.25) is 0 Å². The number of hydrogen-bond acceptors (Lipinski definition) is 2. The van der Waals surface area contributed by atoms with Crippen molar-refractivity contribution in [3.05, 3.63) is 0 Å². The van der Waals surface area contributed by atoms with Crippen molar-refractivity contribution in [3.63, 3.8) is 0 Å². The lowest BCUT2D eigenvalue weighted by Gasteiger charge is -2.27. The van der Waals surface area contributed by atoms with Gasteiger partial charge in [0.25, 0.3) is 0 Å². The van der Waals surface area contributed by atoms with Gasteiger partial charge in [-0.25, -0.2) is 0 Å². The van der Waals surface area contributed by atoms with E-state index in [-0.39, 0.29) is 0 Å². The molecule has 0 aromatic rings. The first-order chi connectivity index (χ1) is 7.08. The van der Waals surface area contributed by atoms with E-state index in [1.807, 2.05) is 0 Å². The van der Waals surface area contributed by atoms with Gasteiger partial charge in [0, 0.05) is 5.92 Å². The van der Waals surface area contributed by atoms with Gasteiger partial charge >= 0.3 is 0 Å². The average molecular weight is 210 g/mol. The van der Waals surface area contributed by atoms with E-state index in [4.69, 9.17) is 4.74 Å². The van der Waals surface area contributed by atoms with Crippen LogP contribution in [0.5, 0.6) is 0 Å². The zero-order chi connectivity index (χ0) is 10.7. The maximum atomic E-state index is 10.1.